The topological polar surface area (TPSA) is 82.9 Å². The van der Waals surface area contributed by atoms with E-state index in [1.54, 1.807) is 33.0 Å². The molecule has 1 fully saturated rings. The number of amides is 4. The summed E-state index contributed by atoms with van der Waals surface area (Å²) in [5, 5.41) is 2.68. The van der Waals surface area contributed by atoms with E-state index in [0.29, 0.717) is 11.3 Å². The molecule has 1 atom stereocenters. The lowest BCUT2D eigenvalue weighted by Gasteiger charge is -2.26. The van der Waals surface area contributed by atoms with Crippen molar-refractivity contribution in [2.45, 2.75) is 32.4 Å². The molecule has 1 N–H and O–H groups in total. The van der Waals surface area contributed by atoms with Crippen molar-refractivity contribution in [3.63, 3.8) is 0 Å². The summed E-state index contributed by atoms with van der Waals surface area (Å²) in [5.41, 5.74) is -0.828. The third kappa shape index (κ3) is 3.49. The number of halogens is 1. The first-order valence-corrected chi connectivity index (χ1v) is 8.96. The fourth-order valence-electron chi connectivity index (χ4n) is 3.29. The predicted octanol–water partition coefficient (Wildman–Crippen LogP) is 2.54. The minimum absolute atomic E-state index is 0.229. The molecule has 7 nitrogen and oxygen atoms in total. The highest BCUT2D eigenvalue weighted by atomic mass is 19.1. The number of likely N-dealkylation sites (N-methyl/N-ethyl adjacent to an activating group) is 1. The van der Waals surface area contributed by atoms with Gasteiger partial charge < -0.3 is 14.6 Å². The van der Waals surface area contributed by atoms with Crippen LogP contribution < -0.4 is 5.32 Å². The normalized spacial score (nSPS) is 19.1. The molecule has 1 saturated heterocycles. The fraction of sp³-hybridized carbons (Fsp3) is 0.350. The van der Waals surface area contributed by atoms with E-state index in [4.69, 9.17) is 4.42 Å². The molecule has 1 aromatic heterocycles. The van der Waals surface area contributed by atoms with Gasteiger partial charge in [-0.2, -0.15) is 0 Å². The van der Waals surface area contributed by atoms with Crippen LogP contribution in [0.2, 0.25) is 0 Å². The predicted molar refractivity (Wildman–Crippen MR) is 98.5 cm³/mol. The second-order valence-corrected chi connectivity index (χ2v) is 6.85. The van der Waals surface area contributed by atoms with E-state index in [1.807, 2.05) is 0 Å². The Labute approximate surface area is 162 Å². The molecule has 148 valence electrons. The number of benzene rings is 1. The maximum absolute atomic E-state index is 13.3. The summed E-state index contributed by atoms with van der Waals surface area (Å²) in [6.45, 7) is 3.40. The minimum atomic E-state index is -1.30. The lowest BCUT2D eigenvalue weighted by molar-refractivity contribution is -0.139. The van der Waals surface area contributed by atoms with Crippen LogP contribution in [0.4, 0.5) is 9.18 Å². The smallest absolute Gasteiger partial charge is 0.325 e. The van der Waals surface area contributed by atoms with Crippen molar-refractivity contribution in [1.29, 1.82) is 0 Å². The highest BCUT2D eigenvalue weighted by molar-refractivity contribution is 6.09. The van der Waals surface area contributed by atoms with Crippen LogP contribution in [0.3, 0.4) is 0 Å². The van der Waals surface area contributed by atoms with Crippen LogP contribution >= 0.6 is 0 Å². The Kier molecular flexibility index (Phi) is 5.22. The zero-order valence-corrected chi connectivity index (χ0v) is 16.0. The molecule has 0 spiro atoms. The molecule has 1 aliphatic heterocycles. The molecule has 8 heteroatoms. The Hall–Kier alpha value is -3.16. The molecule has 0 saturated carbocycles. The first-order valence-electron chi connectivity index (χ1n) is 8.96. The van der Waals surface area contributed by atoms with Gasteiger partial charge in [-0.1, -0.05) is 19.1 Å². The molecule has 1 aromatic carbocycles. The quantitative estimate of drug-likeness (QED) is 0.772. The maximum atomic E-state index is 13.3. The summed E-state index contributed by atoms with van der Waals surface area (Å²) < 4.78 is 18.7. The van der Waals surface area contributed by atoms with Gasteiger partial charge in [0.15, 0.2) is 0 Å². The third-order valence-electron chi connectivity index (χ3n) is 4.95. The number of nitrogens with zero attached hydrogens (tertiary/aromatic N) is 2. The summed E-state index contributed by atoms with van der Waals surface area (Å²) in [6, 6.07) is 8.32. The first-order chi connectivity index (χ1) is 13.3. The standard InChI is InChI=1S/C20H22FN3O4/c1-4-20(14-6-8-15(21)9-7-14)18(26)24(19(27)22-20)12-17(25)23(3)11-16-10-5-13(2)28-16/h5-10H,4,11-12H2,1-3H3,(H,22,27). The summed E-state index contributed by atoms with van der Waals surface area (Å²) in [5.74, 6) is -0.0175. The Bertz CT molecular complexity index is 908. The molecular formula is C20H22FN3O4. The average molecular weight is 387 g/mol. The van der Waals surface area contributed by atoms with Crippen molar-refractivity contribution in [3.05, 3.63) is 59.3 Å². The second-order valence-electron chi connectivity index (χ2n) is 6.85. The van der Waals surface area contributed by atoms with E-state index in [9.17, 15) is 18.8 Å². The van der Waals surface area contributed by atoms with E-state index in [-0.39, 0.29) is 19.5 Å². The molecule has 0 aliphatic carbocycles. The average Bonchev–Trinajstić information content (AvgIpc) is 3.18. The molecule has 2 aromatic rings. The van der Waals surface area contributed by atoms with Gasteiger partial charge in [0.2, 0.25) is 5.91 Å². The Morgan fingerprint density at radius 2 is 1.89 bits per heavy atom. The van der Waals surface area contributed by atoms with E-state index in [2.05, 4.69) is 5.32 Å². The van der Waals surface area contributed by atoms with Crippen LogP contribution in [-0.2, 0) is 21.7 Å². The summed E-state index contributed by atoms with van der Waals surface area (Å²) >= 11 is 0. The zero-order valence-electron chi connectivity index (χ0n) is 16.0. The number of rotatable bonds is 6. The number of aryl methyl sites for hydroxylation is 1. The number of hydrogen-bond donors (Lipinski definition) is 1. The van der Waals surface area contributed by atoms with Gasteiger partial charge >= 0.3 is 6.03 Å². The van der Waals surface area contributed by atoms with Crippen LogP contribution in [0.15, 0.2) is 40.8 Å². The molecular weight excluding hydrogens is 365 g/mol. The molecule has 2 heterocycles. The summed E-state index contributed by atoms with van der Waals surface area (Å²) in [4.78, 5) is 40.3. The van der Waals surface area contributed by atoms with Gasteiger partial charge in [-0.3, -0.25) is 14.5 Å². The molecule has 4 amide bonds. The van der Waals surface area contributed by atoms with E-state index >= 15 is 0 Å². The van der Waals surface area contributed by atoms with Gasteiger partial charge in [0.05, 0.1) is 6.54 Å². The fourth-order valence-corrected chi connectivity index (χ4v) is 3.29. The SMILES string of the molecule is CCC1(c2ccc(F)cc2)NC(=O)N(CC(=O)N(C)Cc2ccc(C)o2)C1=O. The van der Waals surface area contributed by atoms with Crippen LogP contribution in [0.5, 0.6) is 0 Å². The number of hydrogen-bond acceptors (Lipinski definition) is 4. The summed E-state index contributed by atoms with van der Waals surface area (Å²) in [7, 11) is 1.58. The summed E-state index contributed by atoms with van der Waals surface area (Å²) in [6.07, 6.45) is 0.273. The second kappa shape index (κ2) is 7.46. The molecule has 3 rings (SSSR count). The number of nitrogens with one attached hydrogen (secondary N) is 1. The van der Waals surface area contributed by atoms with Crippen molar-refractivity contribution >= 4 is 17.8 Å². The van der Waals surface area contributed by atoms with Crippen LogP contribution in [0.1, 0.15) is 30.4 Å². The van der Waals surface area contributed by atoms with Crippen molar-refractivity contribution in [1.82, 2.24) is 15.1 Å². The Morgan fingerprint density at radius 3 is 2.46 bits per heavy atom. The molecule has 0 radical (unpaired) electrons. The highest BCUT2D eigenvalue weighted by Gasteiger charge is 2.51. The van der Waals surface area contributed by atoms with Crippen molar-refractivity contribution in [3.8, 4) is 0 Å². The first kappa shape index (κ1) is 19.6. The van der Waals surface area contributed by atoms with Gasteiger partial charge in [0.25, 0.3) is 5.91 Å². The van der Waals surface area contributed by atoms with Crippen LogP contribution in [-0.4, -0.2) is 41.2 Å². The number of carbonyl (C=O) groups is 3. The number of imide groups is 1. The lowest BCUT2D eigenvalue weighted by atomic mass is 9.87. The minimum Gasteiger partial charge on any atom is -0.464 e. The lowest BCUT2D eigenvalue weighted by Crippen LogP contribution is -2.45. The van der Waals surface area contributed by atoms with Crippen molar-refractivity contribution in [2.75, 3.05) is 13.6 Å². The van der Waals surface area contributed by atoms with Gasteiger partial charge in [-0.05, 0) is 43.2 Å². The van der Waals surface area contributed by atoms with Gasteiger partial charge in [-0.25, -0.2) is 9.18 Å². The largest absolute Gasteiger partial charge is 0.464 e. The van der Waals surface area contributed by atoms with Crippen LogP contribution in [0, 0.1) is 12.7 Å². The molecule has 0 bridgehead atoms. The molecule has 1 aliphatic rings. The number of carbonyl (C=O) groups excluding carboxylic acids is 3. The zero-order chi connectivity index (χ0) is 20.5. The van der Waals surface area contributed by atoms with E-state index in [1.165, 1.54) is 29.2 Å². The van der Waals surface area contributed by atoms with E-state index in [0.717, 1.165) is 10.7 Å². The monoisotopic (exact) mass is 387 g/mol. The molecule has 1 unspecified atom stereocenters. The number of furan rings is 1. The van der Waals surface area contributed by atoms with Crippen molar-refractivity contribution < 1.29 is 23.2 Å². The van der Waals surface area contributed by atoms with Gasteiger partial charge in [0, 0.05) is 7.05 Å². The van der Waals surface area contributed by atoms with E-state index < -0.39 is 29.2 Å². The highest BCUT2D eigenvalue weighted by Crippen LogP contribution is 2.32. The maximum Gasteiger partial charge on any atom is 0.325 e. The number of urea groups is 1. The van der Waals surface area contributed by atoms with Gasteiger partial charge in [-0.15, -0.1) is 0 Å². The Morgan fingerprint density at radius 1 is 1.21 bits per heavy atom. The van der Waals surface area contributed by atoms with Crippen LogP contribution in [0.25, 0.3) is 0 Å². The third-order valence-corrected chi connectivity index (χ3v) is 4.95. The Balaban J connectivity index is 1.75. The molecule has 28 heavy (non-hydrogen) atoms. The van der Waals surface area contributed by atoms with Gasteiger partial charge in [0.1, 0.15) is 29.4 Å². The van der Waals surface area contributed by atoms with Crippen molar-refractivity contribution in [2.24, 2.45) is 0 Å².